The second-order valence-corrected chi connectivity index (χ2v) is 5.40. The van der Waals surface area contributed by atoms with E-state index in [0.717, 1.165) is 16.6 Å². The van der Waals surface area contributed by atoms with E-state index in [4.69, 9.17) is 5.11 Å². The van der Waals surface area contributed by atoms with Gasteiger partial charge in [-0.25, -0.2) is 0 Å². The van der Waals surface area contributed by atoms with Gasteiger partial charge >= 0.3 is 5.97 Å². The summed E-state index contributed by atoms with van der Waals surface area (Å²) in [5, 5.41) is 23.4. The second-order valence-electron chi connectivity index (χ2n) is 5.40. The predicted octanol–water partition coefficient (Wildman–Crippen LogP) is 1.27. The van der Waals surface area contributed by atoms with Gasteiger partial charge in [0.15, 0.2) is 0 Å². The first-order valence-electron chi connectivity index (χ1n) is 6.76. The molecule has 0 saturated carbocycles. The molecule has 0 aliphatic carbocycles. The maximum absolute atomic E-state index is 11.0. The average Bonchev–Trinajstić information content (AvgIpc) is 2.76. The van der Waals surface area contributed by atoms with Crippen LogP contribution in [0.1, 0.15) is 18.2 Å². The Hall–Kier alpha value is -1.85. The third-order valence-electron chi connectivity index (χ3n) is 4.19. The summed E-state index contributed by atoms with van der Waals surface area (Å²) in [5.74, 6) is -1.67. The van der Waals surface area contributed by atoms with Gasteiger partial charge in [-0.05, 0) is 23.9 Å². The van der Waals surface area contributed by atoms with Crippen LogP contribution in [0.15, 0.2) is 30.3 Å². The van der Waals surface area contributed by atoms with Crippen molar-refractivity contribution in [2.24, 2.45) is 13.0 Å². The van der Waals surface area contributed by atoms with Crippen molar-refractivity contribution in [1.82, 2.24) is 9.88 Å². The fourth-order valence-corrected chi connectivity index (χ4v) is 3.02. The maximum Gasteiger partial charge on any atom is 0.310 e. The number of carboxylic acid groups (broad SMARTS) is 1. The van der Waals surface area contributed by atoms with Crippen molar-refractivity contribution in [1.29, 1.82) is 0 Å². The summed E-state index contributed by atoms with van der Waals surface area (Å²) in [4.78, 5) is 11.0. The third kappa shape index (κ3) is 2.09. The van der Waals surface area contributed by atoms with Crippen LogP contribution < -0.4 is 5.32 Å². The van der Waals surface area contributed by atoms with Gasteiger partial charge in [-0.1, -0.05) is 18.2 Å². The second kappa shape index (κ2) is 4.92. The van der Waals surface area contributed by atoms with Crippen molar-refractivity contribution in [3.8, 4) is 0 Å². The monoisotopic (exact) mass is 274 g/mol. The molecule has 0 amide bonds. The summed E-state index contributed by atoms with van der Waals surface area (Å²) in [6.45, 7) is 0.294. The Bertz CT molecular complexity index is 650. The molecule has 3 rings (SSSR count). The quantitative estimate of drug-likeness (QED) is 0.771. The highest BCUT2D eigenvalue weighted by Gasteiger charge is 2.35. The van der Waals surface area contributed by atoms with Gasteiger partial charge in [0.2, 0.25) is 0 Å². The summed E-state index contributed by atoms with van der Waals surface area (Å²) in [7, 11) is 2.00. The minimum Gasteiger partial charge on any atom is -0.481 e. The number of aromatic nitrogens is 1. The highest BCUT2D eigenvalue weighted by Crippen LogP contribution is 2.30. The molecule has 0 spiro atoms. The molecule has 1 aromatic heterocycles. The van der Waals surface area contributed by atoms with Crippen molar-refractivity contribution < 1.29 is 15.0 Å². The molecule has 5 nitrogen and oxygen atoms in total. The molecule has 0 radical (unpaired) electrons. The molecule has 2 heterocycles. The summed E-state index contributed by atoms with van der Waals surface area (Å²) in [6, 6.07) is 10.2. The molecule has 0 bridgehead atoms. The lowest BCUT2D eigenvalue weighted by atomic mass is 9.90. The topological polar surface area (TPSA) is 74.5 Å². The minimum absolute atomic E-state index is 0.0157. The van der Waals surface area contributed by atoms with Crippen LogP contribution in [0.3, 0.4) is 0 Å². The molecule has 3 unspecified atom stereocenters. The van der Waals surface area contributed by atoms with E-state index in [1.54, 1.807) is 0 Å². The normalized spacial score (nSPS) is 26.8. The number of piperidine rings is 1. The first kappa shape index (κ1) is 13.1. The van der Waals surface area contributed by atoms with Gasteiger partial charge < -0.3 is 20.1 Å². The SMILES string of the molecule is Cn1c(C2CC(O)C(C(=O)O)CN2)cc2ccccc21. The molecule has 1 aliphatic heterocycles. The number of carboxylic acids is 1. The van der Waals surface area contributed by atoms with E-state index < -0.39 is 18.0 Å². The maximum atomic E-state index is 11.0. The van der Waals surface area contributed by atoms with Crippen LogP contribution in [0.25, 0.3) is 10.9 Å². The number of hydrogen-bond acceptors (Lipinski definition) is 3. The van der Waals surface area contributed by atoms with Crippen molar-refractivity contribution in [2.75, 3.05) is 6.54 Å². The highest BCUT2D eigenvalue weighted by molar-refractivity contribution is 5.81. The van der Waals surface area contributed by atoms with Crippen LogP contribution >= 0.6 is 0 Å². The fourth-order valence-electron chi connectivity index (χ4n) is 3.02. The van der Waals surface area contributed by atoms with E-state index in [1.165, 1.54) is 0 Å². The lowest BCUT2D eigenvalue weighted by molar-refractivity contribution is -0.147. The van der Waals surface area contributed by atoms with Crippen LogP contribution in [-0.2, 0) is 11.8 Å². The lowest BCUT2D eigenvalue weighted by Gasteiger charge is -2.32. The number of rotatable bonds is 2. The van der Waals surface area contributed by atoms with E-state index in [2.05, 4.69) is 28.1 Å². The zero-order chi connectivity index (χ0) is 14.3. The number of fused-ring (bicyclic) bond motifs is 1. The molecule has 1 fully saturated rings. The number of aliphatic carboxylic acids is 1. The van der Waals surface area contributed by atoms with Crippen LogP contribution in [0, 0.1) is 5.92 Å². The van der Waals surface area contributed by atoms with Crippen molar-refractivity contribution in [3.63, 3.8) is 0 Å². The van der Waals surface area contributed by atoms with E-state index >= 15 is 0 Å². The molecule has 1 aliphatic rings. The molecule has 3 atom stereocenters. The van der Waals surface area contributed by atoms with E-state index in [0.29, 0.717) is 13.0 Å². The Balaban J connectivity index is 1.89. The van der Waals surface area contributed by atoms with Gasteiger partial charge in [-0.3, -0.25) is 4.79 Å². The van der Waals surface area contributed by atoms with Crippen LogP contribution in [0.2, 0.25) is 0 Å². The Kier molecular flexibility index (Phi) is 3.23. The third-order valence-corrected chi connectivity index (χ3v) is 4.19. The Morgan fingerprint density at radius 1 is 1.40 bits per heavy atom. The van der Waals surface area contributed by atoms with Crippen LogP contribution in [0.4, 0.5) is 0 Å². The zero-order valence-electron chi connectivity index (χ0n) is 11.3. The summed E-state index contributed by atoms with van der Waals surface area (Å²) >= 11 is 0. The zero-order valence-corrected chi connectivity index (χ0v) is 11.3. The first-order chi connectivity index (χ1) is 9.58. The molecular weight excluding hydrogens is 256 g/mol. The van der Waals surface area contributed by atoms with Gasteiger partial charge in [0.25, 0.3) is 0 Å². The molecule has 2 aromatic rings. The molecule has 1 aromatic carbocycles. The van der Waals surface area contributed by atoms with Crippen molar-refractivity contribution in [2.45, 2.75) is 18.6 Å². The van der Waals surface area contributed by atoms with Gasteiger partial charge in [-0.15, -0.1) is 0 Å². The Morgan fingerprint density at radius 3 is 2.80 bits per heavy atom. The number of aliphatic hydroxyl groups excluding tert-OH is 1. The average molecular weight is 274 g/mol. The molecule has 1 saturated heterocycles. The molecule has 20 heavy (non-hydrogen) atoms. The number of para-hydroxylation sites is 1. The smallest absolute Gasteiger partial charge is 0.310 e. The van der Waals surface area contributed by atoms with Gasteiger partial charge in [0, 0.05) is 30.8 Å². The largest absolute Gasteiger partial charge is 0.481 e. The number of carbonyl (C=O) groups is 1. The van der Waals surface area contributed by atoms with Crippen LogP contribution in [-0.4, -0.2) is 33.4 Å². The summed E-state index contributed by atoms with van der Waals surface area (Å²) in [5.41, 5.74) is 2.22. The van der Waals surface area contributed by atoms with Crippen molar-refractivity contribution in [3.05, 3.63) is 36.0 Å². The lowest BCUT2D eigenvalue weighted by Crippen LogP contribution is -2.45. The standard InChI is InChI=1S/C15H18N2O3/c1-17-12-5-3-2-4-9(12)6-13(17)11-7-14(18)10(8-16-11)15(19)20/h2-6,10-11,14,16,18H,7-8H2,1H3,(H,19,20). The Labute approximate surface area is 116 Å². The predicted molar refractivity (Wildman–Crippen MR) is 75.4 cm³/mol. The molecular formula is C15H18N2O3. The van der Waals surface area contributed by atoms with Gasteiger partial charge in [0.05, 0.1) is 12.0 Å². The summed E-state index contributed by atoms with van der Waals surface area (Å²) < 4.78 is 2.10. The van der Waals surface area contributed by atoms with Gasteiger partial charge in [0.1, 0.15) is 0 Å². The molecule has 3 N–H and O–H groups in total. The van der Waals surface area contributed by atoms with E-state index in [1.807, 2.05) is 19.2 Å². The van der Waals surface area contributed by atoms with E-state index in [9.17, 15) is 9.90 Å². The highest BCUT2D eigenvalue weighted by atomic mass is 16.4. The first-order valence-corrected chi connectivity index (χ1v) is 6.76. The summed E-state index contributed by atoms with van der Waals surface area (Å²) in [6.07, 6.45) is -0.391. The number of benzene rings is 1. The number of aryl methyl sites for hydroxylation is 1. The minimum atomic E-state index is -0.944. The molecule has 106 valence electrons. The Morgan fingerprint density at radius 2 is 2.15 bits per heavy atom. The number of hydrogen-bond donors (Lipinski definition) is 3. The number of nitrogens with one attached hydrogen (secondary N) is 1. The van der Waals surface area contributed by atoms with Gasteiger partial charge in [-0.2, -0.15) is 0 Å². The van der Waals surface area contributed by atoms with Crippen LogP contribution in [0.5, 0.6) is 0 Å². The van der Waals surface area contributed by atoms with E-state index in [-0.39, 0.29) is 6.04 Å². The number of aliphatic hydroxyl groups is 1. The number of nitrogens with zero attached hydrogens (tertiary/aromatic N) is 1. The molecule has 5 heteroatoms. The fraction of sp³-hybridized carbons (Fsp3) is 0.400. The van der Waals surface area contributed by atoms with Crippen molar-refractivity contribution >= 4 is 16.9 Å².